The molecule has 1 aliphatic rings. The summed E-state index contributed by atoms with van der Waals surface area (Å²) in [6, 6.07) is 15.1. The maximum atomic E-state index is 12.9. The minimum atomic E-state index is -3.68. The van der Waals surface area contributed by atoms with E-state index in [1.807, 2.05) is 24.3 Å². The van der Waals surface area contributed by atoms with Crippen molar-refractivity contribution in [2.24, 2.45) is 0 Å². The number of halogens is 1. The highest BCUT2D eigenvalue weighted by molar-refractivity contribution is 7.89. The summed E-state index contributed by atoms with van der Waals surface area (Å²) >= 11 is 5.88. The Kier molecular flexibility index (Phi) is 7.85. The van der Waals surface area contributed by atoms with E-state index in [9.17, 15) is 18.4 Å². The van der Waals surface area contributed by atoms with Crippen molar-refractivity contribution in [2.75, 3.05) is 18.8 Å². The van der Waals surface area contributed by atoms with Crippen LogP contribution in [0.2, 0.25) is 5.02 Å². The molecule has 0 bridgehead atoms. The van der Waals surface area contributed by atoms with Crippen molar-refractivity contribution in [3.8, 4) is 0 Å². The molecule has 1 fully saturated rings. The normalized spacial score (nSPS) is 16.9. The van der Waals surface area contributed by atoms with E-state index in [4.69, 9.17) is 16.3 Å². The molecule has 0 aromatic heterocycles. The fraction of sp³-hybridized carbons (Fsp3) is 0.381. The summed E-state index contributed by atoms with van der Waals surface area (Å²) in [6.07, 6.45) is 1.37. The predicted molar refractivity (Wildman–Crippen MR) is 113 cm³/mol. The number of hydrogen-bond acceptors (Lipinski definition) is 5. The van der Waals surface area contributed by atoms with E-state index in [-0.39, 0.29) is 18.3 Å². The molecule has 1 N–H and O–H groups in total. The van der Waals surface area contributed by atoms with Gasteiger partial charge in [-0.25, -0.2) is 17.8 Å². The molecule has 0 spiro atoms. The summed E-state index contributed by atoms with van der Waals surface area (Å²) in [5.74, 6) is -0.386. The average Bonchev–Trinajstić information content (AvgIpc) is 2.77. The number of rotatable bonds is 9. The van der Waals surface area contributed by atoms with Gasteiger partial charge < -0.3 is 4.74 Å². The third-order valence-electron chi connectivity index (χ3n) is 5.17. The molecule has 0 saturated carbocycles. The van der Waals surface area contributed by atoms with Crippen LogP contribution >= 0.6 is 11.6 Å². The number of nitrogens with zero attached hydrogens (tertiary/aromatic N) is 2. The van der Waals surface area contributed by atoms with Gasteiger partial charge in [0.1, 0.15) is 0 Å². The van der Waals surface area contributed by atoms with Gasteiger partial charge in [-0.3, -0.25) is 10.0 Å². The SMILES string of the molecule is O=CN(O)C(CS(=O)(=O)N1CCC(OCc2ccc(Cl)cc2)CC1)c1ccccc1. The van der Waals surface area contributed by atoms with Crippen LogP contribution in [0.5, 0.6) is 0 Å². The lowest BCUT2D eigenvalue weighted by molar-refractivity contribution is -0.159. The standard InChI is InChI=1S/C21H25ClN2O5S/c22-19-8-6-17(7-9-19)14-29-20-10-12-23(13-11-20)30(27,28)15-21(24(26)16-25)18-4-2-1-3-5-18/h1-9,16,20-21,26H,10-15H2. The maximum absolute atomic E-state index is 12.9. The second-order valence-corrected chi connectivity index (χ2v) is 9.68. The number of piperidine rings is 1. The van der Waals surface area contributed by atoms with Gasteiger partial charge in [0.2, 0.25) is 16.4 Å². The van der Waals surface area contributed by atoms with E-state index in [0.717, 1.165) is 5.56 Å². The highest BCUT2D eigenvalue weighted by Crippen LogP contribution is 2.24. The second kappa shape index (κ2) is 10.4. The molecule has 0 radical (unpaired) electrons. The molecular weight excluding hydrogens is 428 g/mol. The van der Waals surface area contributed by atoms with Crippen molar-refractivity contribution in [1.29, 1.82) is 0 Å². The van der Waals surface area contributed by atoms with Gasteiger partial charge >= 0.3 is 0 Å². The highest BCUT2D eigenvalue weighted by atomic mass is 35.5. The summed E-state index contributed by atoms with van der Waals surface area (Å²) in [5, 5.41) is 11.0. The van der Waals surface area contributed by atoms with E-state index in [2.05, 4.69) is 0 Å². The van der Waals surface area contributed by atoms with Gasteiger partial charge in [0.25, 0.3) is 0 Å². The zero-order valence-corrected chi connectivity index (χ0v) is 18.0. The molecule has 1 unspecified atom stereocenters. The van der Waals surface area contributed by atoms with Gasteiger partial charge in [-0.1, -0.05) is 54.1 Å². The van der Waals surface area contributed by atoms with Crippen LogP contribution in [0.25, 0.3) is 0 Å². The summed E-state index contributed by atoms with van der Waals surface area (Å²) in [6.45, 7) is 1.12. The molecular formula is C21H25ClN2O5S. The number of carbonyl (C=O) groups is 1. The van der Waals surface area contributed by atoms with Crippen molar-refractivity contribution < 1.29 is 23.2 Å². The van der Waals surface area contributed by atoms with Crippen molar-refractivity contribution in [3.63, 3.8) is 0 Å². The predicted octanol–water partition coefficient (Wildman–Crippen LogP) is 3.24. The molecule has 1 saturated heterocycles. The zero-order valence-electron chi connectivity index (χ0n) is 16.4. The molecule has 1 amide bonds. The zero-order chi connectivity index (χ0) is 21.6. The van der Waals surface area contributed by atoms with Crippen LogP contribution < -0.4 is 0 Å². The topological polar surface area (TPSA) is 87.2 Å². The van der Waals surface area contributed by atoms with Crippen molar-refractivity contribution in [3.05, 3.63) is 70.7 Å². The summed E-state index contributed by atoms with van der Waals surface area (Å²) in [5.41, 5.74) is 1.56. The molecule has 9 heteroatoms. The molecule has 162 valence electrons. The quantitative estimate of drug-likeness (QED) is 0.358. The van der Waals surface area contributed by atoms with E-state index in [1.165, 1.54) is 4.31 Å². The number of carbonyl (C=O) groups excluding carboxylic acids is 1. The van der Waals surface area contributed by atoms with E-state index < -0.39 is 16.1 Å². The number of ether oxygens (including phenoxy) is 1. The third kappa shape index (κ3) is 6.02. The largest absolute Gasteiger partial charge is 0.373 e. The first-order chi connectivity index (χ1) is 14.4. The maximum Gasteiger partial charge on any atom is 0.233 e. The molecule has 0 aliphatic carbocycles. The number of hydroxylamine groups is 2. The number of amides is 1. The Balaban J connectivity index is 1.56. The van der Waals surface area contributed by atoms with Gasteiger partial charge in [0.05, 0.1) is 24.5 Å². The lowest BCUT2D eigenvalue weighted by Gasteiger charge is -2.33. The smallest absolute Gasteiger partial charge is 0.233 e. The summed E-state index contributed by atoms with van der Waals surface area (Å²) < 4.78 is 33.2. The van der Waals surface area contributed by atoms with E-state index in [0.29, 0.717) is 48.2 Å². The number of hydrogen-bond donors (Lipinski definition) is 1. The van der Waals surface area contributed by atoms with Gasteiger partial charge in [0, 0.05) is 18.1 Å². The highest BCUT2D eigenvalue weighted by Gasteiger charge is 2.33. The molecule has 2 aromatic carbocycles. The molecule has 7 nitrogen and oxygen atoms in total. The van der Waals surface area contributed by atoms with E-state index in [1.54, 1.807) is 30.3 Å². The van der Waals surface area contributed by atoms with Crippen LogP contribution in [0.3, 0.4) is 0 Å². The summed E-state index contributed by atoms with van der Waals surface area (Å²) in [4.78, 5) is 11.1. The van der Waals surface area contributed by atoms with Crippen LogP contribution in [0.4, 0.5) is 0 Å². The third-order valence-corrected chi connectivity index (χ3v) is 7.31. The van der Waals surface area contributed by atoms with Gasteiger partial charge in [-0.05, 0) is 36.1 Å². The van der Waals surface area contributed by atoms with Crippen LogP contribution in [0.15, 0.2) is 54.6 Å². The Labute approximate surface area is 181 Å². The van der Waals surface area contributed by atoms with Gasteiger partial charge in [-0.15, -0.1) is 0 Å². The molecule has 1 atom stereocenters. The van der Waals surface area contributed by atoms with Gasteiger partial charge in [0.15, 0.2) is 0 Å². The Hall–Kier alpha value is -1.97. The van der Waals surface area contributed by atoms with Crippen LogP contribution in [-0.4, -0.2) is 54.3 Å². The Morgan fingerprint density at radius 2 is 1.77 bits per heavy atom. The Morgan fingerprint density at radius 1 is 1.13 bits per heavy atom. The van der Waals surface area contributed by atoms with Gasteiger partial charge in [-0.2, -0.15) is 0 Å². The number of benzene rings is 2. The van der Waals surface area contributed by atoms with Crippen LogP contribution in [-0.2, 0) is 26.2 Å². The molecule has 3 rings (SSSR count). The summed E-state index contributed by atoms with van der Waals surface area (Å²) in [7, 11) is -3.68. The Morgan fingerprint density at radius 3 is 2.37 bits per heavy atom. The first kappa shape index (κ1) is 22.7. The monoisotopic (exact) mass is 452 g/mol. The molecule has 30 heavy (non-hydrogen) atoms. The molecule has 2 aromatic rings. The second-order valence-electron chi connectivity index (χ2n) is 7.23. The molecule has 1 heterocycles. The molecule has 1 aliphatic heterocycles. The minimum absolute atomic E-state index is 0.0265. The van der Waals surface area contributed by atoms with Crippen molar-refractivity contribution >= 4 is 28.0 Å². The van der Waals surface area contributed by atoms with Crippen LogP contribution in [0.1, 0.15) is 30.0 Å². The lowest BCUT2D eigenvalue weighted by atomic mass is 10.1. The minimum Gasteiger partial charge on any atom is -0.373 e. The first-order valence-electron chi connectivity index (χ1n) is 9.70. The van der Waals surface area contributed by atoms with Crippen molar-refractivity contribution in [1.82, 2.24) is 9.37 Å². The van der Waals surface area contributed by atoms with Crippen LogP contribution in [0, 0.1) is 0 Å². The van der Waals surface area contributed by atoms with E-state index >= 15 is 0 Å². The fourth-order valence-corrected chi connectivity index (χ4v) is 5.30. The lowest BCUT2D eigenvalue weighted by Crippen LogP contribution is -2.44. The fourth-order valence-electron chi connectivity index (χ4n) is 3.45. The average molecular weight is 453 g/mol. The Bertz CT molecular complexity index is 916. The first-order valence-corrected chi connectivity index (χ1v) is 11.7. The van der Waals surface area contributed by atoms with Crippen molar-refractivity contribution in [2.45, 2.75) is 31.6 Å². The number of sulfonamides is 1.